The summed E-state index contributed by atoms with van der Waals surface area (Å²) in [7, 11) is 0. The van der Waals surface area contributed by atoms with E-state index in [1.807, 2.05) is 61.5 Å². The van der Waals surface area contributed by atoms with Crippen molar-refractivity contribution in [1.29, 1.82) is 0 Å². The molecule has 0 amide bonds. The monoisotopic (exact) mass is 317 g/mol. The van der Waals surface area contributed by atoms with Crippen LogP contribution in [0.4, 0.5) is 0 Å². The highest BCUT2D eigenvalue weighted by Gasteiger charge is 2.11. The number of hydrogen-bond donors (Lipinski definition) is 0. The van der Waals surface area contributed by atoms with Crippen LogP contribution < -0.4 is 4.74 Å². The van der Waals surface area contributed by atoms with Crippen LogP contribution in [-0.4, -0.2) is 15.2 Å². The molecule has 0 aliphatic carbocycles. The van der Waals surface area contributed by atoms with Crippen LogP contribution in [0.5, 0.6) is 5.75 Å². The number of hydrogen-bond acceptors (Lipinski definition) is 5. The largest absolute Gasteiger partial charge is 0.482 e. The molecule has 0 saturated heterocycles. The second-order valence-electron chi connectivity index (χ2n) is 5.44. The SMILES string of the molecule is Cc1ccccc1-c1nnc(COc2cccc3cccnc23)o1. The first-order chi connectivity index (χ1) is 11.8. The van der Waals surface area contributed by atoms with Crippen molar-refractivity contribution >= 4 is 10.9 Å². The van der Waals surface area contributed by atoms with Crippen LogP contribution in [0.3, 0.4) is 0 Å². The van der Waals surface area contributed by atoms with Gasteiger partial charge in [0.1, 0.15) is 11.3 Å². The quantitative estimate of drug-likeness (QED) is 0.565. The van der Waals surface area contributed by atoms with E-state index in [1.54, 1.807) is 6.20 Å². The maximum absolute atomic E-state index is 5.83. The number of benzene rings is 2. The predicted molar refractivity (Wildman–Crippen MR) is 90.5 cm³/mol. The fourth-order valence-electron chi connectivity index (χ4n) is 2.57. The fourth-order valence-corrected chi connectivity index (χ4v) is 2.57. The van der Waals surface area contributed by atoms with E-state index in [2.05, 4.69) is 15.2 Å². The zero-order valence-electron chi connectivity index (χ0n) is 13.1. The van der Waals surface area contributed by atoms with Gasteiger partial charge in [-0.2, -0.15) is 0 Å². The molecule has 118 valence electrons. The lowest BCUT2D eigenvalue weighted by molar-refractivity contribution is 0.267. The van der Waals surface area contributed by atoms with Crippen LogP contribution in [0.2, 0.25) is 0 Å². The summed E-state index contributed by atoms with van der Waals surface area (Å²) >= 11 is 0. The summed E-state index contributed by atoms with van der Waals surface area (Å²) in [6, 6.07) is 17.6. The molecule has 0 spiro atoms. The van der Waals surface area contributed by atoms with Crippen LogP contribution >= 0.6 is 0 Å². The van der Waals surface area contributed by atoms with Gasteiger partial charge in [-0.05, 0) is 30.7 Å². The van der Waals surface area contributed by atoms with Crippen molar-refractivity contribution in [2.45, 2.75) is 13.5 Å². The smallest absolute Gasteiger partial charge is 0.254 e. The Hall–Kier alpha value is -3.21. The molecule has 0 aliphatic rings. The van der Waals surface area contributed by atoms with Gasteiger partial charge in [0.25, 0.3) is 5.89 Å². The molecule has 0 saturated carbocycles. The first-order valence-corrected chi connectivity index (χ1v) is 7.66. The summed E-state index contributed by atoms with van der Waals surface area (Å²) in [6.45, 7) is 2.21. The molecule has 24 heavy (non-hydrogen) atoms. The maximum Gasteiger partial charge on any atom is 0.254 e. The highest BCUT2D eigenvalue weighted by atomic mass is 16.5. The van der Waals surface area contributed by atoms with Crippen molar-refractivity contribution in [3.63, 3.8) is 0 Å². The summed E-state index contributed by atoms with van der Waals surface area (Å²) in [5.74, 6) is 1.63. The minimum absolute atomic E-state index is 0.203. The molecule has 0 radical (unpaired) electrons. The van der Waals surface area contributed by atoms with Gasteiger partial charge in [0, 0.05) is 17.1 Å². The fraction of sp³-hybridized carbons (Fsp3) is 0.105. The topological polar surface area (TPSA) is 61.0 Å². The number of rotatable bonds is 4. The lowest BCUT2D eigenvalue weighted by Gasteiger charge is -2.06. The van der Waals surface area contributed by atoms with E-state index in [0.29, 0.717) is 17.5 Å². The summed E-state index contributed by atoms with van der Waals surface area (Å²) in [6.07, 6.45) is 1.75. The van der Waals surface area contributed by atoms with Gasteiger partial charge < -0.3 is 9.15 Å². The van der Waals surface area contributed by atoms with E-state index in [4.69, 9.17) is 9.15 Å². The third-order valence-electron chi connectivity index (χ3n) is 3.79. The zero-order chi connectivity index (χ0) is 16.4. The molecule has 2 heterocycles. The Morgan fingerprint density at radius 1 is 0.958 bits per heavy atom. The molecule has 2 aromatic heterocycles. The second kappa shape index (κ2) is 6.12. The molecule has 0 aliphatic heterocycles. The van der Waals surface area contributed by atoms with Gasteiger partial charge in [0.15, 0.2) is 6.61 Å². The Bertz CT molecular complexity index is 989. The van der Waals surface area contributed by atoms with Crippen LogP contribution in [0.25, 0.3) is 22.4 Å². The number of aromatic nitrogens is 3. The van der Waals surface area contributed by atoms with Crippen molar-refractivity contribution in [2.24, 2.45) is 0 Å². The van der Waals surface area contributed by atoms with E-state index >= 15 is 0 Å². The standard InChI is InChI=1S/C19H15N3O2/c1-13-6-2-3-9-15(13)19-22-21-17(24-19)12-23-16-10-4-7-14-8-5-11-20-18(14)16/h2-11H,12H2,1H3. The van der Waals surface area contributed by atoms with E-state index in [0.717, 1.165) is 22.0 Å². The maximum atomic E-state index is 5.83. The van der Waals surface area contributed by atoms with Gasteiger partial charge in [-0.25, -0.2) is 0 Å². The third-order valence-corrected chi connectivity index (χ3v) is 3.79. The number of nitrogens with zero attached hydrogens (tertiary/aromatic N) is 3. The molecule has 2 aromatic carbocycles. The lowest BCUT2D eigenvalue weighted by atomic mass is 10.1. The summed E-state index contributed by atoms with van der Waals surface area (Å²) in [5.41, 5.74) is 2.84. The number of fused-ring (bicyclic) bond motifs is 1. The van der Waals surface area contributed by atoms with E-state index in [9.17, 15) is 0 Å². The van der Waals surface area contributed by atoms with Gasteiger partial charge in [-0.1, -0.05) is 36.4 Å². The number of aryl methyl sites for hydroxylation is 1. The Labute approximate surface area is 138 Å². The van der Waals surface area contributed by atoms with Crippen molar-refractivity contribution in [3.05, 3.63) is 72.2 Å². The average molecular weight is 317 g/mol. The summed E-state index contributed by atoms with van der Waals surface area (Å²) in [5, 5.41) is 9.21. The van der Waals surface area contributed by atoms with Gasteiger partial charge in [0.2, 0.25) is 5.89 Å². The lowest BCUT2D eigenvalue weighted by Crippen LogP contribution is -1.97. The first-order valence-electron chi connectivity index (χ1n) is 7.66. The third kappa shape index (κ3) is 2.72. The average Bonchev–Trinajstić information content (AvgIpc) is 3.09. The van der Waals surface area contributed by atoms with Crippen LogP contribution in [0.15, 0.2) is 65.2 Å². The Morgan fingerprint density at radius 3 is 2.75 bits per heavy atom. The van der Waals surface area contributed by atoms with E-state index in [-0.39, 0.29) is 6.61 Å². The molecule has 4 rings (SSSR count). The number of para-hydroxylation sites is 1. The molecule has 0 bridgehead atoms. The Kier molecular flexibility index (Phi) is 3.67. The molecular weight excluding hydrogens is 302 g/mol. The number of pyridine rings is 1. The van der Waals surface area contributed by atoms with Gasteiger partial charge >= 0.3 is 0 Å². The van der Waals surface area contributed by atoms with Crippen molar-refractivity contribution < 1.29 is 9.15 Å². The van der Waals surface area contributed by atoms with Crippen molar-refractivity contribution in [3.8, 4) is 17.2 Å². The van der Waals surface area contributed by atoms with Crippen LogP contribution in [0.1, 0.15) is 11.5 Å². The summed E-state index contributed by atoms with van der Waals surface area (Å²) < 4.78 is 11.5. The Balaban J connectivity index is 1.56. The zero-order valence-corrected chi connectivity index (χ0v) is 13.1. The summed E-state index contributed by atoms with van der Waals surface area (Å²) in [4.78, 5) is 4.37. The van der Waals surface area contributed by atoms with Crippen molar-refractivity contribution in [2.75, 3.05) is 0 Å². The number of ether oxygens (including phenoxy) is 1. The molecule has 5 nitrogen and oxygen atoms in total. The van der Waals surface area contributed by atoms with E-state index < -0.39 is 0 Å². The normalized spacial score (nSPS) is 10.9. The molecule has 0 atom stereocenters. The molecular formula is C19H15N3O2. The molecule has 0 fully saturated rings. The molecule has 5 heteroatoms. The van der Waals surface area contributed by atoms with Crippen LogP contribution in [0, 0.1) is 6.92 Å². The van der Waals surface area contributed by atoms with Crippen LogP contribution in [-0.2, 0) is 6.61 Å². The minimum atomic E-state index is 0.203. The van der Waals surface area contributed by atoms with Crippen molar-refractivity contribution in [1.82, 2.24) is 15.2 Å². The predicted octanol–water partition coefficient (Wildman–Crippen LogP) is 4.17. The minimum Gasteiger partial charge on any atom is -0.482 e. The first kappa shape index (κ1) is 14.4. The second-order valence-corrected chi connectivity index (χ2v) is 5.44. The van der Waals surface area contributed by atoms with Gasteiger partial charge in [0.05, 0.1) is 0 Å². The van der Waals surface area contributed by atoms with Gasteiger partial charge in [-0.3, -0.25) is 4.98 Å². The highest BCUT2D eigenvalue weighted by Crippen LogP contribution is 2.25. The Morgan fingerprint density at radius 2 is 1.83 bits per heavy atom. The highest BCUT2D eigenvalue weighted by molar-refractivity contribution is 5.84. The van der Waals surface area contributed by atoms with E-state index in [1.165, 1.54) is 0 Å². The molecule has 4 aromatic rings. The molecule has 0 unspecified atom stereocenters. The molecule has 0 N–H and O–H groups in total. The van der Waals surface area contributed by atoms with Gasteiger partial charge in [-0.15, -0.1) is 10.2 Å².